The van der Waals surface area contributed by atoms with Gasteiger partial charge in [0.05, 0.1) is 25.4 Å². The van der Waals surface area contributed by atoms with Crippen molar-refractivity contribution in [3.63, 3.8) is 0 Å². The fourth-order valence-electron chi connectivity index (χ4n) is 2.28. The van der Waals surface area contributed by atoms with Crippen molar-refractivity contribution >= 4 is 11.6 Å². The summed E-state index contributed by atoms with van der Waals surface area (Å²) < 4.78 is 5.46. The van der Waals surface area contributed by atoms with Crippen LogP contribution >= 0.6 is 0 Å². The fraction of sp³-hybridized carbons (Fsp3) is 0.600. The summed E-state index contributed by atoms with van der Waals surface area (Å²) >= 11 is 0. The first-order chi connectivity index (χ1) is 10.2. The molecule has 116 valence electrons. The molecule has 1 aliphatic rings. The van der Waals surface area contributed by atoms with E-state index in [0.717, 1.165) is 18.7 Å². The van der Waals surface area contributed by atoms with Gasteiger partial charge in [0, 0.05) is 25.0 Å². The molecule has 1 aromatic heterocycles. The Bertz CT molecular complexity index is 481. The van der Waals surface area contributed by atoms with Gasteiger partial charge in [-0.3, -0.25) is 9.78 Å². The summed E-state index contributed by atoms with van der Waals surface area (Å²) in [6.45, 7) is 5.63. The monoisotopic (exact) mass is 293 g/mol. The molecule has 1 fully saturated rings. The summed E-state index contributed by atoms with van der Waals surface area (Å²) in [5.74, 6) is -0.121. The van der Waals surface area contributed by atoms with Crippen LogP contribution in [0.3, 0.4) is 0 Å². The van der Waals surface area contributed by atoms with E-state index in [2.05, 4.69) is 17.2 Å². The second-order valence-electron chi connectivity index (χ2n) is 5.30. The quantitative estimate of drug-likeness (QED) is 0.851. The van der Waals surface area contributed by atoms with Gasteiger partial charge < -0.3 is 20.1 Å². The van der Waals surface area contributed by atoms with Crippen molar-refractivity contribution in [2.24, 2.45) is 0 Å². The van der Waals surface area contributed by atoms with E-state index in [1.165, 1.54) is 0 Å². The molecule has 2 rings (SSSR count). The number of aromatic nitrogens is 1. The van der Waals surface area contributed by atoms with Crippen molar-refractivity contribution in [3.05, 3.63) is 24.0 Å². The molecule has 21 heavy (non-hydrogen) atoms. The summed E-state index contributed by atoms with van der Waals surface area (Å²) in [5, 5.41) is 12.4. The molecule has 0 spiro atoms. The van der Waals surface area contributed by atoms with Crippen LogP contribution in [0.2, 0.25) is 0 Å². The smallest absolute Gasteiger partial charge is 0.272 e. The molecule has 0 saturated carbocycles. The number of hydrogen-bond acceptors (Lipinski definition) is 5. The first kappa shape index (κ1) is 15.7. The van der Waals surface area contributed by atoms with Crippen molar-refractivity contribution in [3.8, 4) is 0 Å². The highest BCUT2D eigenvalue weighted by Crippen LogP contribution is 2.16. The van der Waals surface area contributed by atoms with Gasteiger partial charge in [-0.05, 0) is 25.5 Å². The van der Waals surface area contributed by atoms with Crippen molar-refractivity contribution in [1.82, 2.24) is 9.88 Å². The van der Waals surface area contributed by atoms with E-state index in [9.17, 15) is 9.90 Å². The molecule has 0 bridgehead atoms. The maximum absolute atomic E-state index is 12.6. The molecular weight excluding hydrogens is 270 g/mol. The maximum Gasteiger partial charge on any atom is 0.272 e. The number of nitrogens with one attached hydrogen (secondary N) is 1. The number of amides is 1. The van der Waals surface area contributed by atoms with Crippen LogP contribution in [0.15, 0.2) is 18.3 Å². The van der Waals surface area contributed by atoms with Gasteiger partial charge in [0.25, 0.3) is 5.91 Å². The predicted molar refractivity (Wildman–Crippen MR) is 80.3 cm³/mol. The summed E-state index contributed by atoms with van der Waals surface area (Å²) in [6.07, 6.45) is 2.34. The van der Waals surface area contributed by atoms with Crippen molar-refractivity contribution < 1.29 is 14.6 Å². The van der Waals surface area contributed by atoms with Gasteiger partial charge in [-0.25, -0.2) is 0 Å². The number of ether oxygens (including phenoxy) is 1. The Kier molecular flexibility index (Phi) is 5.52. The van der Waals surface area contributed by atoms with Crippen LogP contribution in [0.4, 0.5) is 5.69 Å². The number of hydrogen-bond donors (Lipinski definition) is 2. The second-order valence-corrected chi connectivity index (χ2v) is 5.30. The van der Waals surface area contributed by atoms with Crippen molar-refractivity contribution in [2.45, 2.75) is 32.4 Å². The molecule has 1 aromatic rings. The van der Waals surface area contributed by atoms with Gasteiger partial charge in [-0.2, -0.15) is 0 Å². The number of anilines is 1. The molecule has 6 nitrogen and oxygen atoms in total. The topological polar surface area (TPSA) is 74.7 Å². The Morgan fingerprint density at radius 2 is 2.43 bits per heavy atom. The van der Waals surface area contributed by atoms with Gasteiger partial charge >= 0.3 is 0 Å². The normalized spacial score (nSPS) is 22.1. The molecule has 2 heterocycles. The standard InChI is InChI=1S/C15H23N3O3/c1-3-5-16-12-4-6-17-14(7-12)15(20)18-8-13(9-19)21-10-11(18)2/h4,6-7,11,13,19H,3,5,8-10H2,1-2H3,(H,16,17). The fourth-order valence-corrected chi connectivity index (χ4v) is 2.28. The molecule has 1 amide bonds. The van der Waals surface area contributed by atoms with E-state index in [1.54, 1.807) is 17.2 Å². The molecule has 0 aliphatic carbocycles. The number of morpholine rings is 1. The van der Waals surface area contributed by atoms with Gasteiger partial charge in [0.15, 0.2) is 0 Å². The van der Waals surface area contributed by atoms with Crippen LogP contribution in [-0.2, 0) is 4.74 Å². The number of carbonyl (C=O) groups is 1. The highest BCUT2D eigenvalue weighted by atomic mass is 16.5. The minimum Gasteiger partial charge on any atom is -0.394 e. The summed E-state index contributed by atoms with van der Waals surface area (Å²) in [4.78, 5) is 18.5. The Labute approximate surface area is 125 Å². The number of carbonyl (C=O) groups excluding carboxylic acids is 1. The molecule has 1 saturated heterocycles. The lowest BCUT2D eigenvalue weighted by Gasteiger charge is -2.37. The van der Waals surface area contributed by atoms with E-state index in [-0.39, 0.29) is 24.7 Å². The number of rotatable bonds is 5. The van der Waals surface area contributed by atoms with E-state index in [0.29, 0.717) is 18.8 Å². The largest absolute Gasteiger partial charge is 0.394 e. The van der Waals surface area contributed by atoms with Crippen LogP contribution < -0.4 is 5.32 Å². The van der Waals surface area contributed by atoms with E-state index in [1.807, 2.05) is 13.0 Å². The minimum atomic E-state index is -0.313. The highest BCUT2D eigenvalue weighted by Gasteiger charge is 2.30. The molecule has 0 aromatic carbocycles. The van der Waals surface area contributed by atoms with Gasteiger partial charge in [0.1, 0.15) is 5.69 Å². The first-order valence-corrected chi connectivity index (χ1v) is 7.39. The zero-order valence-corrected chi connectivity index (χ0v) is 12.6. The van der Waals surface area contributed by atoms with Gasteiger partial charge in [-0.1, -0.05) is 6.92 Å². The van der Waals surface area contributed by atoms with Crippen molar-refractivity contribution in [2.75, 3.05) is 31.6 Å². The number of nitrogens with zero attached hydrogens (tertiary/aromatic N) is 2. The van der Waals surface area contributed by atoms with Gasteiger partial charge in [0.2, 0.25) is 0 Å². The third kappa shape index (κ3) is 3.92. The Morgan fingerprint density at radius 3 is 3.14 bits per heavy atom. The minimum absolute atomic E-state index is 0.0191. The second kappa shape index (κ2) is 7.38. The molecule has 0 radical (unpaired) electrons. The zero-order chi connectivity index (χ0) is 15.2. The molecular formula is C15H23N3O3. The SMILES string of the molecule is CCCNc1ccnc(C(=O)N2CC(CO)OCC2C)c1. The van der Waals surface area contributed by atoms with Crippen LogP contribution in [0, 0.1) is 0 Å². The third-order valence-electron chi connectivity index (χ3n) is 3.53. The molecule has 6 heteroatoms. The molecule has 1 aliphatic heterocycles. The summed E-state index contributed by atoms with van der Waals surface area (Å²) in [7, 11) is 0. The van der Waals surface area contributed by atoms with Crippen LogP contribution in [0.5, 0.6) is 0 Å². The Morgan fingerprint density at radius 1 is 1.62 bits per heavy atom. The van der Waals surface area contributed by atoms with E-state index >= 15 is 0 Å². The lowest BCUT2D eigenvalue weighted by atomic mass is 10.1. The van der Waals surface area contributed by atoms with Crippen molar-refractivity contribution in [1.29, 1.82) is 0 Å². The number of aliphatic hydroxyl groups is 1. The Hall–Kier alpha value is -1.66. The summed E-state index contributed by atoms with van der Waals surface area (Å²) in [6, 6.07) is 3.61. The van der Waals surface area contributed by atoms with Crippen LogP contribution in [0.25, 0.3) is 0 Å². The number of pyridine rings is 1. The average molecular weight is 293 g/mol. The van der Waals surface area contributed by atoms with E-state index < -0.39 is 0 Å². The maximum atomic E-state index is 12.6. The molecule has 2 atom stereocenters. The third-order valence-corrected chi connectivity index (χ3v) is 3.53. The lowest BCUT2D eigenvalue weighted by molar-refractivity contribution is -0.0668. The highest BCUT2D eigenvalue weighted by molar-refractivity contribution is 5.93. The zero-order valence-electron chi connectivity index (χ0n) is 12.6. The average Bonchev–Trinajstić information content (AvgIpc) is 2.53. The lowest BCUT2D eigenvalue weighted by Crippen LogP contribution is -2.52. The number of aliphatic hydroxyl groups excluding tert-OH is 1. The predicted octanol–water partition coefficient (Wildman–Crippen LogP) is 1.13. The van der Waals surface area contributed by atoms with Crippen LogP contribution in [-0.4, -0.2) is 59.3 Å². The summed E-state index contributed by atoms with van der Waals surface area (Å²) in [5.41, 5.74) is 1.32. The first-order valence-electron chi connectivity index (χ1n) is 7.39. The van der Waals surface area contributed by atoms with E-state index in [4.69, 9.17) is 4.74 Å². The Balaban J connectivity index is 2.11. The molecule has 2 N–H and O–H groups in total. The van der Waals surface area contributed by atoms with Crippen LogP contribution in [0.1, 0.15) is 30.8 Å². The molecule has 2 unspecified atom stereocenters. The van der Waals surface area contributed by atoms with Gasteiger partial charge in [-0.15, -0.1) is 0 Å².